The fourth-order valence-electron chi connectivity index (χ4n) is 1.13. The quantitative estimate of drug-likeness (QED) is 0.642. The average Bonchev–Trinajstić information content (AvgIpc) is 2.58. The Bertz CT molecular complexity index is 351. The van der Waals surface area contributed by atoms with Gasteiger partial charge in [-0.3, -0.25) is 0 Å². The summed E-state index contributed by atoms with van der Waals surface area (Å²) in [5.41, 5.74) is 2.40. The summed E-state index contributed by atoms with van der Waals surface area (Å²) in [7, 11) is 0. The molecule has 0 aliphatic rings. The second kappa shape index (κ2) is 4.32. The van der Waals surface area contributed by atoms with Gasteiger partial charge in [0.1, 0.15) is 5.82 Å². The van der Waals surface area contributed by atoms with Crippen LogP contribution in [0.5, 0.6) is 0 Å². The van der Waals surface area contributed by atoms with Gasteiger partial charge in [-0.1, -0.05) is 29.8 Å². The third-order valence-electron chi connectivity index (χ3n) is 1.82. The summed E-state index contributed by atoms with van der Waals surface area (Å²) in [4.78, 5) is 7.22. The first kappa shape index (κ1) is 10.1. The van der Waals surface area contributed by atoms with E-state index in [1.807, 2.05) is 6.20 Å². The summed E-state index contributed by atoms with van der Waals surface area (Å²) in [6.45, 7) is 2.08. The van der Waals surface area contributed by atoms with Crippen LogP contribution < -0.4 is 0 Å². The number of rotatable bonds is 1. The molecule has 1 heterocycles. The van der Waals surface area contributed by atoms with E-state index < -0.39 is 0 Å². The zero-order valence-electron chi connectivity index (χ0n) is 6.91. The Hall–Kier alpha value is -0.973. The van der Waals surface area contributed by atoms with Crippen molar-refractivity contribution in [3.8, 4) is 11.4 Å². The van der Waals surface area contributed by atoms with Gasteiger partial charge >= 0.3 is 18.9 Å². The van der Waals surface area contributed by atoms with Crippen molar-refractivity contribution >= 4 is 18.9 Å². The molecule has 0 amide bonds. The molecule has 0 bridgehead atoms. The number of aromatic amines is 1. The maximum absolute atomic E-state index is 4.16. The minimum absolute atomic E-state index is 0. The molecule has 62 valence electrons. The van der Waals surface area contributed by atoms with Crippen molar-refractivity contribution in [2.45, 2.75) is 6.92 Å². The van der Waals surface area contributed by atoms with Crippen LogP contribution in [0.4, 0.5) is 0 Å². The van der Waals surface area contributed by atoms with E-state index in [1.54, 1.807) is 6.20 Å². The van der Waals surface area contributed by atoms with Gasteiger partial charge in [0.15, 0.2) is 0 Å². The number of nitrogens with zero attached hydrogens (tertiary/aromatic N) is 1. The number of aryl methyl sites for hydroxylation is 1. The summed E-state index contributed by atoms with van der Waals surface area (Å²) in [5, 5.41) is 0. The maximum atomic E-state index is 4.16. The monoisotopic (exact) mass is 166 g/mol. The van der Waals surface area contributed by atoms with E-state index in [1.165, 1.54) is 5.56 Å². The van der Waals surface area contributed by atoms with Crippen LogP contribution in [0.15, 0.2) is 36.7 Å². The third-order valence-corrected chi connectivity index (χ3v) is 1.82. The van der Waals surface area contributed by atoms with Gasteiger partial charge in [0, 0.05) is 18.0 Å². The SMILES string of the molecule is Cc1ccc(-c2ncc[nH]2)cc1.[LiH]. The number of benzene rings is 1. The number of H-pyrrole nitrogens is 1. The molecule has 2 aromatic rings. The van der Waals surface area contributed by atoms with E-state index in [0.717, 1.165) is 11.4 Å². The van der Waals surface area contributed by atoms with Crippen molar-refractivity contribution in [1.29, 1.82) is 0 Å². The predicted octanol–water partition coefficient (Wildman–Crippen LogP) is 1.74. The molecule has 3 heteroatoms. The number of hydrogen-bond acceptors (Lipinski definition) is 1. The molecule has 13 heavy (non-hydrogen) atoms. The Morgan fingerprint density at radius 2 is 1.85 bits per heavy atom. The number of aromatic nitrogens is 2. The minimum atomic E-state index is 0. The van der Waals surface area contributed by atoms with E-state index in [4.69, 9.17) is 0 Å². The standard InChI is InChI=1S/C10H10N2.Li.H/c1-8-2-4-9(5-3-8)10-11-6-7-12-10;;/h2-7H,1H3,(H,11,12);;. The van der Waals surface area contributed by atoms with E-state index >= 15 is 0 Å². The summed E-state index contributed by atoms with van der Waals surface area (Å²) in [6.07, 6.45) is 3.59. The van der Waals surface area contributed by atoms with Crippen LogP contribution in [-0.2, 0) is 0 Å². The molecule has 0 aliphatic carbocycles. The van der Waals surface area contributed by atoms with Gasteiger partial charge in [0.2, 0.25) is 0 Å². The zero-order chi connectivity index (χ0) is 8.39. The Morgan fingerprint density at radius 1 is 1.15 bits per heavy atom. The molecule has 0 radical (unpaired) electrons. The predicted molar refractivity (Wildman–Crippen MR) is 55.9 cm³/mol. The van der Waals surface area contributed by atoms with Crippen LogP contribution in [-0.4, -0.2) is 28.8 Å². The van der Waals surface area contributed by atoms with E-state index in [2.05, 4.69) is 41.2 Å². The summed E-state index contributed by atoms with van der Waals surface area (Å²) >= 11 is 0. The molecule has 0 fully saturated rings. The molecule has 0 aliphatic heterocycles. The van der Waals surface area contributed by atoms with Crippen LogP contribution in [0, 0.1) is 6.92 Å². The molecule has 2 rings (SSSR count). The van der Waals surface area contributed by atoms with Crippen LogP contribution >= 0.6 is 0 Å². The van der Waals surface area contributed by atoms with E-state index in [-0.39, 0.29) is 18.9 Å². The molecule has 1 aromatic heterocycles. The molecular formula is C10H11LiN2. The second-order valence-corrected chi connectivity index (χ2v) is 2.80. The van der Waals surface area contributed by atoms with Gasteiger partial charge in [-0.05, 0) is 6.92 Å². The topological polar surface area (TPSA) is 28.7 Å². The van der Waals surface area contributed by atoms with Crippen LogP contribution in [0.25, 0.3) is 11.4 Å². The number of hydrogen-bond donors (Lipinski definition) is 1. The van der Waals surface area contributed by atoms with Gasteiger partial charge in [-0.15, -0.1) is 0 Å². The fourth-order valence-corrected chi connectivity index (χ4v) is 1.13. The molecule has 0 atom stereocenters. The Labute approximate surface area is 89.6 Å². The molecule has 0 saturated carbocycles. The molecule has 0 spiro atoms. The molecule has 0 saturated heterocycles. The van der Waals surface area contributed by atoms with Crippen molar-refractivity contribution in [3.63, 3.8) is 0 Å². The number of nitrogens with one attached hydrogen (secondary N) is 1. The summed E-state index contributed by atoms with van der Waals surface area (Å²) < 4.78 is 0. The zero-order valence-corrected chi connectivity index (χ0v) is 6.91. The summed E-state index contributed by atoms with van der Waals surface area (Å²) in [5.74, 6) is 0.926. The Kier molecular flexibility index (Phi) is 3.36. The first-order chi connectivity index (χ1) is 5.86. The second-order valence-electron chi connectivity index (χ2n) is 2.80. The first-order valence-corrected chi connectivity index (χ1v) is 3.93. The Balaban J connectivity index is 0.000000845. The van der Waals surface area contributed by atoms with Gasteiger partial charge < -0.3 is 4.98 Å². The summed E-state index contributed by atoms with van der Waals surface area (Å²) in [6, 6.07) is 8.29. The van der Waals surface area contributed by atoms with Crippen LogP contribution in [0.2, 0.25) is 0 Å². The molecule has 1 N–H and O–H groups in total. The van der Waals surface area contributed by atoms with Crippen molar-refractivity contribution in [2.75, 3.05) is 0 Å². The van der Waals surface area contributed by atoms with E-state index in [9.17, 15) is 0 Å². The van der Waals surface area contributed by atoms with E-state index in [0.29, 0.717) is 0 Å². The molecule has 2 nitrogen and oxygen atoms in total. The molecule has 1 aromatic carbocycles. The van der Waals surface area contributed by atoms with Gasteiger partial charge in [0.05, 0.1) is 0 Å². The van der Waals surface area contributed by atoms with Crippen molar-refractivity contribution in [2.24, 2.45) is 0 Å². The Morgan fingerprint density at radius 3 is 2.38 bits per heavy atom. The number of imidazole rings is 1. The normalized spacial score (nSPS) is 9.31. The van der Waals surface area contributed by atoms with Gasteiger partial charge in [0.25, 0.3) is 0 Å². The van der Waals surface area contributed by atoms with Crippen LogP contribution in [0.1, 0.15) is 5.56 Å². The van der Waals surface area contributed by atoms with Gasteiger partial charge in [-0.25, -0.2) is 4.98 Å². The molecule has 0 unspecified atom stereocenters. The molecular weight excluding hydrogens is 155 g/mol. The average molecular weight is 166 g/mol. The fraction of sp³-hybridized carbons (Fsp3) is 0.100. The van der Waals surface area contributed by atoms with Crippen molar-refractivity contribution in [1.82, 2.24) is 9.97 Å². The van der Waals surface area contributed by atoms with Crippen LogP contribution in [0.3, 0.4) is 0 Å². The van der Waals surface area contributed by atoms with Crippen molar-refractivity contribution in [3.05, 3.63) is 42.2 Å². The first-order valence-electron chi connectivity index (χ1n) is 3.93. The van der Waals surface area contributed by atoms with Crippen molar-refractivity contribution < 1.29 is 0 Å². The van der Waals surface area contributed by atoms with Gasteiger partial charge in [-0.2, -0.15) is 0 Å². The third kappa shape index (κ3) is 2.24.